The summed E-state index contributed by atoms with van der Waals surface area (Å²) in [6.07, 6.45) is 3.75. The number of allylic oxidation sites excluding steroid dienone is 3. The maximum atomic E-state index is 3.96. The van der Waals surface area contributed by atoms with Crippen molar-refractivity contribution in [1.29, 1.82) is 0 Å². The van der Waals surface area contributed by atoms with E-state index in [0.29, 0.717) is 5.92 Å². The monoisotopic (exact) mass is 135 g/mol. The van der Waals surface area contributed by atoms with Crippen LogP contribution in [-0.4, -0.2) is 6.54 Å². The van der Waals surface area contributed by atoms with E-state index in [1.54, 1.807) is 6.08 Å². The molecule has 0 aliphatic carbocycles. The molecule has 1 aliphatic heterocycles. The Hall–Kier alpha value is -0.980. The Balaban J connectivity index is 2.75. The third-order valence-corrected chi connectivity index (χ3v) is 1.82. The fraction of sp³-hybridized carbons (Fsp3) is 0.333. The highest BCUT2D eigenvalue weighted by molar-refractivity contribution is 5.35. The lowest BCUT2D eigenvalue weighted by atomic mass is 10.1. The first kappa shape index (κ1) is 7.13. The van der Waals surface area contributed by atoms with Crippen molar-refractivity contribution in [2.45, 2.75) is 6.92 Å². The predicted molar refractivity (Wildman–Crippen MR) is 44.6 cm³/mol. The van der Waals surface area contributed by atoms with Crippen molar-refractivity contribution in [1.82, 2.24) is 5.32 Å². The standard InChI is InChI=1S/C9H13N/c1-4-5-9-8(3)7(2)6-10-9/h4-5,7,10H,1,3,6H2,2H3. The Kier molecular flexibility index (Phi) is 1.95. The minimum Gasteiger partial charge on any atom is -0.384 e. The molecule has 1 saturated heterocycles. The highest BCUT2D eigenvalue weighted by atomic mass is 14.9. The molecule has 1 N–H and O–H groups in total. The zero-order chi connectivity index (χ0) is 7.56. The molecule has 1 atom stereocenters. The van der Waals surface area contributed by atoms with Crippen molar-refractivity contribution in [3.8, 4) is 0 Å². The topological polar surface area (TPSA) is 12.0 Å². The van der Waals surface area contributed by atoms with E-state index in [-0.39, 0.29) is 0 Å². The predicted octanol–water partition coefficient (Wildman–Crippen LogP) is 1.85. The first-order valence-corrected chi connectivity index (χ1v) is 3.51. The molecular weight excluding hydrogens is 122 g/mol. The third kappa shape index (κ3) is 1.13. The van der Waals surface area contributed by atoms with E-state index in [2.05, 4.69) is 25.4 Å². The summed E-state index contributed by atoms with van der Waals surface area (Å²) in [5, 5.41) is 3.25. The summed E-state index contributed by atoms with van der Waals surface area (Å²) >= 11 is 0. The second-order valence-corrected chi connectivity index (χ2v) is 2.62. The smallest absolute Gasteiger partial charge is 0.0370 e. The molecule has 1 heterocycles. The lowest BCUT2D eigenvalue weighted by Crippen LogP contribution is -2.05. The molecule has 1 unspecified atom stereocenters. The molecule has 0 bridgehead atoms. The van der Waals surface area contributed by atoms with E-state index < -0.39 is 0 Å². The van der Waals surface area contributed by atoms with Gasteiger partial charge in [0.25, 0.3) is 0 Å². The second-order valence-electron chi connectivity index (χ2n) is 2.62. The van der Waals surface area contributed by atoms with Crippen molar-refractivity contribution in [2.24, 2.45) is 5.92 Å². The van der Waals surface area contributed by atoms with E-state index in [0.717, 1.165) is 12.2 Å². The summed E-state index contributed by atoms with van der Waals surface area (Å²) in [5.41, 5.74) is 2.34. The summed E-state index contributed by atoms with van der Waals surface area (Å²) in [6, 6.07) is 0. The first-order valence-electron chi connectivity index (χ1n) is 3.51. The van der Waals surface area contributed by atoms with Gasteiger partial charge in [0.15, 0.2) is 0 Å². The fourth-order valence-corrected chi connectivity index (χ4v) is 1.05. The molecule has 0 radical (unpaired) electrons. The minimum atomic E-state index is 0.575. The molecule has 1 aliphatic rings. The van der Waals surface area contributed by atoms with Crippen LogP contribution in [0.15, 0.2) is 36.6 Å². The lowest BCUT2D eigenvalue weighted by Gasteiger charge is -1.98. The van der Waals surface area contributed by atoms with Crippen LogP contribution in [0.4, 0.5) is 0 Å². The van der Waals surface area contributed by atoms with Gasteiger partial charge in [0.1, 0.15) is 0 Å². The molecule has 10 heavy (non-hydrogen) atoms. The van der Waals surface area contributed by atoms with Crippen molar-refractivity contribution in [2.75, 3.05) is 6.54 Å². The molecule has 1 heteroatoms. The summed E-state index contributed by atoms with van der Waals surface area (Å²) < 4.78 is 0. The number of nitrogens with one attached hydrogen (secondary N) is 1. The molecule has 0 saturated carbocycles. The minimum absolute atomic E-state index is 0.575. The van der Waals surface area contributed by atoms with Gasteiger partial charge in [0.2, 0.25) is 0 Å². The van der Waals surface area contributed by atoms with Gasteiger partial charge in [-0.15, -0.1) is 0 Å². The SMILES string of the molecule is C=CC=C1NCC(C)C1=C. The van der Waals surface area contributed by atoms with Crippen molar-refractivity contribution in [3.05, 3.63) is 36.6 Å². The molecule has 0 spiro atoms. The Morgan fingerprint density at radius 2 is 2.40 bits per heavy atom. The van der Waals surface area contributed by atoms with E-state index in [1.165, 1.54) is 5.57 Å². The summed E-state index contributed by atoms with van der Waals surface area (Å²) in [5.74, 6) is 0.575. The van der Waals surface area contributed by atoms with Crippen LogP contribution in [0.5, 0.6) is 0 Å². The second kappa shape index (κ2) is 2.74. The van der Waals surface area contributed by atoms with Gasteiger partial charge in [-0.05, 0) is 17.6 Å². The molecule has 1 fully saturated rings. The van der Waals surface area contributed by atoms with Crippen LogP contribution in [0.2, 0.25) is 0 Å². The van der Waals surface area contributed by atoms with Gasteiger partial charge >= 0.3 is 0 Å². The van der Waals surface area contributed by atoms with E-state index >= 15 is 0 Å². The van der Waals surface area contributed by atoms with Crippen LogP contribution in [0.1, 0.15) is 6.92 Å². The van der Waals surface area contributed by atoms with Gasteiger partial charge in [-0.25, -0.2) is 0 Å². The zero-order valence-corrected chi connectivity index (χ0v) is 6.35. The number of hydrogen-bond acceptors (Lipinski definition) is 1. The maximum Gasteiger partial charge on any atom is 0.0370 e. The van der Waals surface area contributed by atoms with Crippen LogP contribution in [-0.2, 0) is 0 Å². The average molecular weight is 135 g/mol. The quantitative estimate of drug-likeness (QED) is 0.578. The summed E-state index contributed by atoms with van der Waals surface area (Å²) in [6.45, 7) is 10.8. The van der Waals surface area contributed by atoms with Crippen LogP contribution in [0.3, 0.4) is 0 Å². The largest absolute Gasteiger partial charge is 0.384 e. The van der Waals surface area contributed by atoms with Crippen molar-refractivity contribution in [3.63, 3.8) is 0 Å². The maximum absolute atomic E-state index is 3.96. The van der Waals surface area contributed by atoms with Gasteiger partial charge in [0.05, 0.1) is 0 Å². The van der Waals surface area contributed by atoms with Gasteiger partial charge in [-0.3, -0.25) is 0 Å². The summed E-state index contributed by atoms with van der Waals surface area (Å²) in [7, 11) is 0. The molecule has 0 amide bonds. The normalized spacial score (nSPS) is 28.7. The average Bonchev–Trinajstić information content (AvgIpc) is 2.20. The van der Waals surface area contributed by atoms with Crippen LogP contribution < -0.4 is 5.32 Å². The fourth-order valence-electron chi connectivity index (χ4n) is 1.05. The van der Waals surface area contributed by atoms with Gasteiger partial charge in [0, 0.05) is 12.2 Å². The van der Waals surface area contributed by atoms with E-state index in [4.69, 9.17) is 0 Å². The molecule has 54 valence electrons. The van der Waals surface area contributed by atoms with Gasteiger partial charge < -0.3 is 5.32 Å². The number of rotatable bonds is 1. The summed E-state index contributed by atoms with van der Waals surface area (Å²) in [4.78, 5) is 0. The molecule has 1 rings (SSSR count). The number of hydrogen-bond donors (Lipinski definition) is 1. The van der Waals surface area contributed by atoms with E-state index in [1.807, 2.05) is 6.08 Å². The van der Waals surface area contributed by atoms with Crippen molar-refractivity contribution >= 4 is 0 Å². The lowest BCUT2D eigenvalue weighted by molar-refractivity contribution is 0.725. The molecule has 0 aromatic rings. The highest BCUT2D eigenvalue weighted by Gasteiger charge is 2.17. The van der Waals surface area contributed by atoms with E-state index in [9.17, 15) is 0 Å². The Morgan fingerprint density at radius 1 is 1.70 bits per heavy atom. The third-order valence-electron chi connectivity index (χ3n) is 1.82. The Labute approximate surface area is 62.1 Å². The van der Waals surface area contributed by atoms with Crippen LogP contribution in [0, 0.1) is 5.92 Å². The van der Waals surface area contributed by atoms with Crippen LogP contribution in [0.25, 0.3) is 0 Å². The molecule has 0 aromatic carbocycles. The van der Waals surface area contributed by atoms with Crippen molar-refractivity contribution < 1.29 is 0 Å². The molecule has 1 nitrogen and oxygen atoms in total. The van der Waals surface area contributed by atoms with Crippen LogP contribution >= 0.6 is 0 Å². The Bertz CT molecular complexity index is 189. The first-order chi connectivity index (χ1) is 4.75. The molecule has 0 aromatic heterocycles. The van der Waals surface area contributed by atoms with Gasteiger partial charge in [-0.2, -0.15) is 0 Å². The van der Waals surface area contributed by atoms with Gasteiger partial charge in [-0.1, -0.05) is 26.2 Å². The Morgan fingerprint density at radius 3 is 2.80 bits per heavy atom. The zero-order valence-electron chi connectivity index (χ0n) is 6.35. The highest BCUT2D eigenvalue weighted by Crippen LogP contribution is 2.21. The molecular formula is C9H13N.